The van der Waals surface area contributed by atoms with Gasteiger partial charge in [0.15, 0.2) is 9.84 Å². The highest BCUT2D eigenvalue weighted by Crippen LogP contribution is 2.18. The lowest BCUT2D eigenvalue weighted by molar-refractivity contribution is -0.118. The number of hydrogen-bond acceptors (Lipinski definition) is 5. The van der Waals surface area contributed by atoms with Crippen LogP contribution in [0, 0.1) is 18.3 Å². The van der Waals surface area contributed by atoms with Gasteiger partial charge in [-0.2, -0.15) is 5.26 Å². The van der Waals surface area contributed by atoms with Crippen LogP contribution in [-0.4, -0.2) is 37.7 Å². The molecule has 0 saturated carbocycles. The second kappa shape index (κ2) is 6.85. The molecule has 112 valence electrons. The second-order valence-electron chi connectivity index (χ2n) is 4.30. The fourth-order valence-electron chi connectivity index (χ4n) is 1.63. The van der Waals surface area contributed by atoms with Crippen molar-refractivity contribution in [3.05, 3.63) is 29.3 Å². The Hall–Kier alpha value is -2.40. The van der Waals surface area contributed by atoms with E-state index in [0.29, 0.717) is 5.56 Å². The van der Waals surface area contributed by atoms with E-state index in [9.17, 15) is 18.0 Å². The molecule has 2 N–H and O–H groups in total. The molecule has 1 aromatic rings. The number of aryl methyl sites for hydroxylation is 1. The Labute approximate surface area is 122 Å². The molecule has 0 heterocycles. The molecule has 21 heavy (non-hydrogen) atoms. The summed E-state index contributed by atoms with van der Waals surface area (Å²) in [6.45, 7) is 1.59. The average Bonchev–Trinajstić information content (AvgIpc) is 2.38. The summed E-state index contributed by atoms with van der Waals surface area (Å²) >= 11 is 0. The van der Waals surface area contributed by atoms with Gasteiger partial charge in [0.1, 0.15) is 5.75 Å². The predicted molar refractivity (Wildman–Crippen MR) is 73.4 cm³/mol. The van der Waals surface area contributed by atoms with Gasteiger partial charge in [-0.3, -0.25) is 4.79 Å². The molecule has 0 aliphatic rings. The number of hydrogen-bond donors (Lipinski definition) is 2. The number of carboxylic acids is 1. The normalized spacial score (nSPS) is 10.7. The quantitative estimate of drug-likeness (QED) is 0.737. The van der Waals surface area contributed by atoms with Crippen LogP contribution in [0.5, 0.6) is 0 Å². The van der Waals surface area contributed by atoms with Gasteiger partial charge in [-0.15, -0.1) is 0 Å². The van der Waals surface area contributed by atoms with Crippen LogP contribution >= 0.6 is 0 Å². The van der Waals surface area contributed by atoms with Gasteiger partial charge in [0, 0.05) is 6.54 Å². The zero-order valence-corrected chi connectivity index (χ0v) is 12.1. The summed E-state index contributed by atoms with van der Waals surface area (Å²) in [5.41, 5.74) is 0.203. The fraction of sp³-hybridized carbons (Fsp3) is 0.308. The van der Waals surface area contributed by atoms with E-state index in [1.807, 2.05) is 6.07 Å². The van der Waals surface area contributed by atoms with E-state index in [1.54, 1.807) is 0 Å². The number of carbonyl (C=O) groups excluding carboxylic acids is 1. The third kappa shape index (κ3) is 4.57. The van der Waals surface area contributed by atoms with E-state index >= 15 is 0 Å². The van der Waals surface area contributed by atoms with Gasteiger partial charge in [0.2, 0.25) is 5.91 Å². The molecule has 0 unspecified atom stereocenters. The van der Waals surface area contributed by atoms with Crippen LogP contribution < -0.4 is 5.32 Å². The maximum absolute atomic E-state index is 12.2. The third-order valence-electron chi connectivity index (χ3n) is 2.65. The molecular weight excluding hydrogens is 296 g/mol. The summed E-state index contributed by atoms with van der Waals surface area (Å²) in [5, 5.41) is 19.5. The van der Waals surface area contributed by atoms with Crippen molar-refractivity contribution in [2.45, 2.75) is 18.2 Å². The Morgan fingerprint density at radius 1 is 1.38 bits per heavy atom. The third-order valence-corrected chi connectivity index (χ3v) is 4.40. The van der Waals surface area contributed by atoms with E-state index in [0.717, 1.165) is 6.07 Å². The zero-order chi connectivity index (χ0) is 16.0. The molecule has 0 aromatic heterocycles. The summed E-state index contributed by atoms with van der Waals surface area (Å²) in [6.07, 6.45) is 0.0827. The highest BCUT2D eigenvalue weighted by atomic mass is 32.2. The Balaban J connectivity index is 2.98. The summed E-state index contributed by atoms with van der Waals surface area (Å²) < 4.78 is 24.3. The number of sulfone groups is 1. The van der Waals surface area contributed by atoms with Crippen LogP contribution in [0.15, 0.2) is 23.1 Å². The molecule has 0 radical (unpaired) electrons. The Morgan fingerprint density at radius 2 is 2.05 bits per heavy atom. The minimum Gasteiger partial charge on any atom is -0.478 e. The second-order valence-corrected chi connectivity index (χ2v) is 6.26. The number of benzene rings is 1. The minimum absolute atomic E-state index is 0.0685. The van der Waals surface area contributed by atoms with Crippen LogP contribution in [0.2, 0.25) is 0 Å². The molecule has 7 nitrogen and oxygen atoms in total. The first-order chi connectivity index (χ1) is 9.77. The van der Waals surface area contributed by atoms with Gasteiger partial charge in [0.25, 0.3) is 0 Å². The molecule has 0 aliphatic heterocycles. The van der Waals surface area contributed by atoms with Gasteiger partial charge in [-0.05, 0) is 24.6 Å². The van der Waals surface area contributed by atoms with E-state index in [2.05, 4.69) is 5.32 Å². The van der Waals surface area contributed by atoms with Crippen molar-refractivity contribution >= 4 is 21.7 Å². The molecule has 0 atom stereocenters. The molecule has 0 spiro atoms. The molecule has 1 rings (SSSR count). The topological polar surface area (TPSA) is 124 Å². The molecule has 1 aromatic carbocycles. The number of nitrogens with one attached hydrogen (secondary N) is 1. The molecule has 0 bridgehead atoms. The van der Waals surface area contributed by atoms with Gasteiger partial charge in [0.05, 0.1) is 22.9 Å². The average molecular weight is 310 g/mol. The smallest absolute Gasteiger partial charge is 0.335 e. The molecule has 0 saturated heterocycles. The standard InChI is InChI=1S/C13H14N2O5S/c1-9-3-4-10(13(17)18)7-11(9)21(19,20)8-12(16)15-6-2-5-14/h3-4,7H,2,6,8H2,1H3,(H,15,16)(H,17,18). The van der Waals surface area contributed by atoms with E-state index in [1.165, 1.54) is 19.1 Å². The summed E-state index contributed by atoms with van der Waals surface area (Å²) in [6, 6.07) is 5.53. The van der Waals surface area contributed by atoms with Crippen molar-refractivity contribution in [3.63, 3.8) is 0 Å². The largest absolute Gasteiger partial charge is 0.478 e. The fourth-order valence-corrected chi connectivity index (χ4v) is 3.10. The number of carboxylic acid groups (broad SMARTS) is 1. The van der Waals surface area contributed by atoms with Gasteiger partial charge >= 0.3 is 5.97 Å². The van der Waals surface area contributed by atoms with Crippen molar-refractivity contribution in [2.24, 2.45) is 0 Å². The van der Waals surface area contributed by atoms with E-state index < -0.39 is 27.5 Å². The Bertz CT molecular complexity index is 704. The van der Waals surface area contributed by atoms with E-state index in [4.69, 9.17) is 10.4 Å². The first-order valence-corrected chi connectivity index (χ1v) is 7.63. The number of nitriles is 1. The lowest BCUT2D eigenvalue weighted by Crippen LogP contribution is -2.31. The van der Waals surface area contributed by atoms with Crippen molar-refractivity contribution in [2.75, 3.05) is 12.3 Å². The monoisotopic (exact) mass is 310 g/mol. The number of nitrogens with zero attached hydrogens (tertiary/aromatic N) is 1. The highest BCUT2D eigenvalue weighted by Gasteiger charge is 2.22. The molecular formula is C13H14N2O5S. The number of carbonyl (C=O) groups is 2. The Kier molecular flexibility index (Phi) is 5.44. The van der Waals surface area contributed by atoms with Gasteiger partial charge < -0.3 is 10.4 Å². The minimum atomic E-state index is -3.94. The van der Waals surface area contributed by atoms with Crippen LogP contribution in [-0.2, 0) is 14.6 Å². The number of aromatic carboxylic acids is 1. The van der Waals surface area contributed by atoms with Gasteiger partial charge in [-0.1, -0.05) is 6.07 Å². The van der Waals surface area contributed by atoms with Crippen LogP contribution in [0.3, 0.4) is 0 Å². The van der Waals surface area contributed by atoms with Crippen molar-refractivity contribution in [1.29, 1.82) is 5.26 Å². The van der Waals surface area contributed by atoms with Crippen LogP contribution in [0.1, 0.15) is 22.3 Å². The van der Waals surface area contributed by atoms with Crippen LogP contribution in [0.4, 0.5) is 0 Å². The highest BCUT2D eigenvalue weighted by molar-refractivity contribution is 7.92. The molecule has 8 heteroatoms. The van der Waals surface area contributed by atoms with Crippen molar-refractivity contribution < 1.29 is 23.1 Å². The van der Waals surface area contributed by atoms with Gasteiger partial charge in [-0.25, -0.2) is 13.2 Å². The molecule has 0 fully saturated rings. The van der Waals surface area contributed by atoms with Crippen LogP contribution in [0.25, 0.3) is 0 Å². The number of rotatable bonds is 6. The van der Waals surface area contributed by atoms with Crippen molar-refractivity contribution in [1.82, 2.24) is 5.32 Å². The first-order valence-electron chi connectivity index (χ1n) is 5.98. The predicted octanol–water partition coefficient (Wildman–Crippen LogP) is 0.497. The maximum atomic E-state index is 12.2. The summed E-state index contributed by atoms with van der Waals surface area (Å²) in [4.78, 5) is 22.2. The molecule has 1 amide bonds. The molecule has 0 aliphatic carbocycles. The summed E-state index contributed by atoms with van der Waals surface area (Å²) in [5.74, 6) is -2.77. The van der Waals surface area contributed by atoms with E-state index in [-0.39, 0.29) is 23.4 Å². The lowest BCUT2D eigenvalue weighted by atomic mass is 10.1. The zero-order valence-electron chi connectivity index (χ0n) is 11.3. The lowest BCUT2D eigenvalue weighted by Gasteiger charge is -2.09. The van der Waals surface area contributed by atoms with Crippen molar-refractivity contribution in [3.8, 4) is 6.07 Å². The Morgan fingerprint density at radius 3 is 2.62 bits per heavy atom. The number of amides is 1. The summed E-state index contributed by atoms with van der Waals surface area (Å²) in [7, 11) is -3.94. The SMILES string of the molecule is Cc1ccc(C(=O)O)cc1S(=O)(=O)CC(=O)NCCC#N. The first kappa shape index (κ1) is 16.7. The maximum Gasteiger partial charge on any atom is 0.335 e.